The lowest BCUT2D eigenvalue weighted by Gasteiger charge is -2.33. The second-order valence-corrected chi connectivity index (χ2v) is 7.22. The van der Waals surface area contributed by atoms with Gasteiger partial charge in [0.2, 0.25) is 10.0 Å². The van der Waals surface area contributed by atoms with Gasteiger partial charge in [0.1, 0.15) is 0 Å². The summed E-state index contributed by atoms with van der Waals surface area (Å²) in [7, 11) is -3.19. The Labute approximate surface area is 115 Å². The highest BCUT2D eigenvalue weighted by atomic mass is 32.2. The average Bonchev–Trinajstić information content (AvgIpc) is 2.39. The summed E-state index contributed by atoms with van der Waals surface area (Å²) in [5.74, 6) is 0.203. The third-order valence-electron chi connectivity index (χ3n) is 3.63. The summed E-state index contributed by atoms with van der Waals surface area (Å²) in [6.45, 7) is 5.98. The molecular formula is C14H22N2O2S. The van der Waals surface area contributed by atoms with E-state index in [0.29, 0.717) is 6.54 Å². The predicted octanol–water partition coefficient (Wildman–Crippen LogP) is 1.41. The fourth-order valence-electron chi connectivity index (χ4n) is 2.53. The fourth-order valence-corrected chi connectivity index (χ4v) is 4.53. The van der Waals surface area contributed by atoms with Gasteiger partial charge in [-0.1, -0.05) is 37.3 Å². The molecule has 0 amide bonds. The molecule has 1 aromatic carbocycles. The van der Waals surface area contributed by atoms with Crippen LogP contribution in [0.5, 0.6) is 0 Å². The summed E-state index contributed by atoms with van der Waals surface area (Å²) in [5, 5.41) is 3.22. The number of sulfonamides is 1. The van der Waals surface area contributed by atoms with Crippen molar-refractivity contribution < 1.29 is 8.42 Å². The minimum atomic E-state index is -3.19. The van der Waals surface area contributed by atoms with Crippen molar-refractivity contribution >= 4 is 10.0 Å². The summed E-state index contributed by atoms with van der Waals surface area (Å²) in [6.07, 6.45) is 0. The maximum absolute atomic E-state index is 12.5. The van der Waals surface area contributed by atoms with E-state index in [1.807, 2.05) is 44.2 Å². The normalized spacial score (nSPS) is 23.2. The van der Waals surface area contributed by atoms with Gasteiger partial charge >= 0.3 is 0 Å². The van der Waals surface area contributed by atoms with Crippen molar-refractivity contribution in [2.45, 2.75) is 25.8 Å². The monoisotopic (exact) mass is 282 g/mol. The lowest BCUT2D eigenvalue weighted by Crippen LogP contribution is -2.53. The highest BCUT2D eigenvalue weighted by molar-refractivity contribution is 7.89. The number of hydrogen-bond acceptors (Lipinski definition) is 3. The van der Waals surface area contributed by atoms with Crippen molar-refractivity contribution in [3.8, 4) is 0 Å². The number of piperazine rings is 1. The van der Waals surface area contributed by atoms with Gasteiger partial charge in [-0.3, -0.25) is 0 Å². The first-order chi connectivity index (χ1) is 9.00. The molecule has 2 rings (SSSR count). The van der Waals surface area contributed by atoms with E-state index >= 15 is 0 Å². The highest BCUT2D eigenvalue weighted by Crippen LogP contribution is 2.20. The molecule has 0 radical (unpaired) electrons. The predicted molar refractivity (Wildman–Crippen MR) is 77.7 cm³/mol. The molecule has 19 heavy (non-hydrogen) atoms. The Hall–Kier alpha value is -0.910. The largest absolute Gasteiger partial charge is 0.314 e. The van der Waals surface area contributed by atoms with Crippen LogP contribution in [-0.4, -0.2) is 44.2 Å². The highest BCUT2D eigenvalue weighted by Gasteiger charge is 2.30. The van der Waals surface area contributed by atoms with Gasteiger partial charge in [-0.15, -0.1) is 0 Å². The topological polar surface area (TPSA) is 49.4 Å². The van der Waals surface area contributed by atoms with Crippen molar-refractivity contribution in [1.29, 1.82) is 0 Å². The first-order valence-electron chi connectivity index (χ1n) is 6.76. The molecular weight excluding hydrogens is 260 g/mol. The van der Waals surface area contributed by atoms with Crippen LogP contribution < -0.4 is 5.32 Å². The van der Waals surface area contributed by atoms with Crippen LogP contribution in [0.4, 0.5) is 0 Å². The smallest absolute Gasteiger partial charge is 0.215 e. The Bertz CT molecular complexity index is 501. The van der Waals surface area contributed by atoms with E-state index < -0.39 is 10.0 Å². The number of nitrogens with zero attached hydrogens (tertiary/aromatic N) is 1. The van der Waals surface area contributed by atoms with Crippen molar-refractivity contribution in [2.75, 3.05) is 25.4 Å². The molecule has 1 heterocycles. The number of nitrogens with one attached hydrogen (secondary N) is 1. The van der Waals surface area contributed by atoms with Gasteiger partial charge < -0.3 is 5.32 Å². The van der Waals surface area contributed by atoms with Crippen LogP contribution in [0.25, 0.3) is 0 Å². The van der Waals surface area contributed by atoms with Gasteiger partial charge in [0.05, 0.1) is 5.75 Å². The van der Waals surface area contributed by atoms with Crippen LogP contribution in [0.1, 0.15) is 25.3 Å². The van der Waals surface area contributed by atoms with E-state index in [4.69, 9.17) is 0 Å². The molecule has 1 N–H and O–H groups in total. The van der Waals surface area contributed by atoms with Crippen molar-refractivity contribution in [3.05, 3.63) is 35.9 Å². The molecule has 1 saturated heterocycles. The summed E-state index contributed by atoms with van der Waals surface area (Å²) in [5.41, 5.74) is 1.08. The molecule has 2 unspecified atom stereocenters. The summed E-state index contributed by atoms with van der Waals surface area (Å²) < 4.78 is 26.6. The minimum absolute atomic E-state index is 0.0216. The molecule has 106 valence electrons. The zero-order chi connectivity index (χ0) is 13.9. The molecule has 0 bridgehead atoms. The van der Waals surface area contributed by atoms with Gasteiger partial charge in [0.25, 0.3) is 0 Å². The third kappa shape index (κ3) is 3.55. The molecule has 4 nitrogen and oxygen atoms in total. The van der Waals surface area contributed by atoms with Gasteiger partial charge in [-0.05, 0) is 18.4 Å². The lowest BCUT2D eigenvalue weighted by atomic mass is 10.0. The molecule has 0 saturated carbocycles. The number of rotatable bonds is 4. The van der Waals surface area contributed by atoms with Crippen LogP contribution >= 0.6 is 0 Å². The van der Waals surface area contributed by atoms with Crippen molar-refractivity contribution in [2.24, 2.45) is 0 Å². The van der Waals surface area contributed by atoms with Crippen molar-refractivity contribution in [3.63, 3.8) is 0 Å². The van der Waals surface area contributed by atoms with Crippen LogP contribution in [0.3, 0.4) is 0 Å². The molecule has 1 fully saturated rings. The van der Waals surface area contributed by atoms with E-state index in [9.17, 15) is 8.42 Å². The summed E-state index contributed by atoms with van der Waals surface area (Å²) in [6, 6.07) is 9.87. The van der Waals surface area contributed by atoms with Gasteiger partial charge in [-0.2, -0.15) is 4.31 Å². The van der Waals surface area contributed by atoms with Crippen molar-refractivity contribution in [1.82, 2.24) is 9.62 Å². The molecule has 0 spiro atoms. The standard InChI is InChI=1S/C14H22N2O2S/c1-12(14-6-4-3-5-7-14)11-19(17,18)16-9-8-15-10-13(16)2/h3-7,12-13,15H,8-11H2,1-2H3. The van der Waals surface area contributed by atoms with E-state index in [2.05, 4.69) is 5.32 Å². The first kappa shape index (κ1) is 14.5. The Morgan fingerprint density at radius 2 is 2.05 bits per heavy atom. The molecule has 0 aromatic heterocycles. The minimum Gasteiger partial charge on any atom is -0.314 e. The third-order valence-corrected chi connectivity index (χ3v) is 5.81. The van der Waals surface area contributed by atoms with Gasteiger partial charge in [0.15, 0.2) is 0 Å². The molecule has 1 aliphatic rings. The van der Waals surface area contributed by atoms with Crippen LogP contribution in [0.15, 0.2) is 30.3 Å². The fraction of sp³-hybridized carbons (Fsp3) is 0.571. The van der Waals surface area contributed by atoms with Gasteiger partial charge in [0, 0.05) is 25.7 Å². The number of benzene rings is 1. The zero-order valence-corrected chi connectivity index (χ0v) is 12.4. The maximum atomic E-state index is 12.5. The van der Waals surface area contributed by atoms with E-state index in [0.717, 1.165) is 18.7 Å². The Balaban J connectivity index is 2.08. The molecule has 2 atom stereocenters. The molecule has 0 aliphatic carbocycles. The summed E-state index contributed by atoms with van der Waals surface area (Å²) >= 11 is 0. The first-order valence-corrected chi connectivity index (χ1v) is 8.37. The van der Waals surface area contributed by atoms with Crippen LogP contribution in [0, 0.1) is 0 Å². The summed E-state index contributed by atoms with van der Waals surface area (Å²) in [4.78, 5) is 0. The maximum Gasteiger partial charge on any atom is 0.215 e. The van der Waals surface area contributed by atoms with Crippen LogP contribution in [-0.2, 0) is 10.0 Å². The molecule has 5 heteroatoms. The van der Waals surface area contributed by atoms with E-state index in [-0.39, 0.29) is 17.7 Å². The zero-order valence-electron chi connectivity index (χ0n) is 11.5. The quantitative estimate of drug-likeness (QED) is 0.908. The molecule has 1 aromatic rings. The second-order valence-electron chi connectivity index (χ2n) is 5.25. The van der Waals surface area contributed by atoms with E-state index in [1.54, 1.807) is 4.31 Å². The van der Waals surface area contributed by atoms with Gasteiger partial charge in [-0.25, -0.2) is 8.42 Å². The van der Waals surface area contributed by atoms with E-state index in [1.165, 1.54) is 0 Å². The van der Waals surface area contributed by atoms with Crippen LogP contribution in [0.2, 0.25) is 0 Å². The lowest BCUT2D eigenvalue weighted by molar-refractivity contribution is 0.283. The Kier molecular flexibility index (Phi) is 4.60. The molecule has 1 aliphatic heterocycles. The Morgan fingerprint density at radius 3 is 2.68 bits per heavy atom. The second kappa shape index (κ2) is 6.03. The average molecular weight is 282 g/mol. The Morgan fingerprint density at radius 1 is 1.37 bits per heavy atom. The SMILES string of the molecule is CC(CS(=O)(=O)N1CCNCC1C)c1ccccc1. The number of hydrogen-bond donors (Lipinski definition) is 1.